The minimum absolute atomic E-state index is 0.325. The van der Waals surface area contributed by atoms with E-state index in [0.29, 0.717) is 24.0 Å². The predicted molar refractivity (Wildman–Crippen MR) is 92.3 cm³/mol. The van der Waals surface area contributed by atoms with Gasteiger partial charge in [0.25, 0.3) is 0 Å². The van der Waals surface area contributed by atoms with Gasteiger partial charge in [-0.05, 0) is 29.4 Å². The second-order valence-corrected chi connectivity index (χ2v) is 6.74. The molecule has 0 spiro atoms. The molecule has 1 heteroatoms. The summed E-state index contributed by atoms with van der Waals surface area (Å²) < 4.78 is 0. The van der Waals surface area contributed by atoms with Crippen molar-refractivity contribution < 1.29 is 4.79 Å². The average molecular weight is 288 g/mol. The summed E-state index contributed by atoms with van der Waals surface area (Å²) in [5.74, 6) is 1.24. The van der Waals surface area contributed by atoms with E-state index in [0.717, 1.165) is 12.0 Å². The van der Waals surface area contributed by atoms with Crippen LogP contribution < -0.4 is 0 Å². The molecule has 1 aromatic rings. The largest absolute Gasteiger partial charge is 0.294 e. The average Bonchev–Trinajstić information content (AvgIpc) is 2.46. The van der Waals surface area contributed by atoms with Crippen molar-refractivity contribution >= 4 is 5.78 Å². The smallest absolute Gasteiger partial charge is 0.163 e. The number of rotatable bonds is 9. The van der Waals surface area contributed by atoms with E-state index >= 15 is 0 Å². The summed E-state index contributed by atoms with van der Waals surface area (Å²) in [5, 5.41) is 0. The number of hydrogen-bond acceptors (Lipinski definition) is 1. The van der Waals surface area contributed by atoms with Gasteiger partial charge in [-0.15, -0.1) is 0 Å². The van der Waals surface area contributed by atoms with Crippen LogP contribution in [0.1, 0.15) is 106 Å². The van der Waals surface area contributed by atoms with Crippen molar-refractivity contribution in [3.63, 3.8) is 0 Å². The molecule has 0 aromatic heterocycles. The highest BCUT2D eigenvalue weighted by atomic mass is 16.1. The molecular formula is C20H32O. The number of carbonyl (C=O) groups is 1. The fraction of sp³-hybridized carbons (Fsp3) is 0.650. The van der Waals surface area contributed by atoms with Crippen LogP contribution in [-0.4, -0.2) is 5.78 Å². The fourth-order valence-electron chi connectivity index (χ4n) is 2.70. The van der Waals surface area contributed by atoms with Gasteiger partial charge in [-0.1, -0.05) is 78.5 Å². The van der Waals surface area contributed by atoms with E-state index in [1.54, 1.807) is 0 Å². The van der Waals surface area contributed by atoms with Crippen molar-refractivity contribution in [3.8, 4) is 0 Å². The minimum Gasteiger partial charge on any atom is -0.294 e. The van der Waals surface area contributed by atoms with E-state index in [1.807, 2.05) is 0 Å². The van der Waals surface area contributed by atoms with Crippen molar-refractivity contribution in [2.24, 2.45) is 0 Å². The lowest BCUT2D eigenvalue weighted by atomic mass is 9.89. The molecule has 1 nitrogen and oxygen atoms in total. The number of unbranched alkanes of at least 4 members (excludes halogenated alkanes) is 4. The third-order valence-corrected chi connectivity index (χ3v) is 4.17. The maximum atomic E-state index is 12.5. The van der Waals surface area contributed by atoms with Crippen LogP contribution in [0.15, 0.2) is 18.2 Å². The van der Waals surface area contributed by atoms with Crippen molar-refractivity contribution in [3.05, 3.63) is 34.9 Å². The highest BCUT2D eigenvalue weighted by molar-refractivity contribution is 5.97. The second-order valence-electron chi connectivity index (χ2n) is 6.74. The number of benzene rings is 1. The van der Waals surface area contributed by atoms with E-state index in [1.165, 1.54) is 36.8 Å². The Balaban J connectivity index is 2.74. The number of hydrogen-bond donors (Lipinski definition) is 0. The molecule has 0 radical (unpaired) electrons. The maximum absolute atomic E-state index is 12.5. The van der Waals surface area contributed by atoms with Crippen LogP contribution in [0.2, 0.25) is 0 Å². The molecule has 21 heavy (non-hydrogen) atoms. The van der Waals surface area contributed by atoms with E-state index in [-0.39, 0.29) is 0 Å². The van der Waals surface area contributed by atoms with Gasteiger partial charge in [-0.2, -0.15) is 0 Å². The molecule has 1 aromatic carbocycles. The second kappa shape index (κ2) is 9.02. The Morgan fingerprint density at radius 2 is 1.62 bits per heavy atom. The molecule has 0 aliphatic heterocycles. The number of carbonyl (C=O) groups excluding carboxylic acids is 1. The van der Waals surface area contributed by atoms with Crippen LogP contribution in [0.4, 0.5) is 0 Å². The lowest BCUT2D eigenvalue weighted by Gasteiger charge is -2.15. The Morgan fingerprint density at radius 3 is 2.19 bits per heavy atom. The molecule has 0 aliphatic rings. The van der Waals surface area contributed by atoms with Gasteiger partial charge >= 0.3 is 0 Å². The molecule has 0 bridgehead atoms. The molecule has 0 saturated heterocycles. The Labute approximate surface area is 131 Å². The lowest BCUT2D eigenvalue weighted by molar-refractivity contribution is 0.0978. The zero-order valence-corrected chi connectivity index (χ0v) is 14.5. The van der Waals surface area contributed by atoms with Crippen molar-refractivity contribution in [2.45, 2.75) is 85.0 Å². The first-order valence-electron chi connectivity index (χ1n) is 8.64. The maximum Gasteiger partial charge on any atom is 0.163 e. The first-order valence-corrected chi connectivity index (χ1v) is 8.64. The number of Topliss-reactive ketones (excluding diaryl/α,β-unsaturated/α-hetero) is 1. The van der Waals surface area contributed by atoms with Crippen LogP contribution >= 0.6 is 0 Å². The van der Waals surface area contributed by atoms with Crippen LogP contribution in [0.25, 0.3) is 0 Å². The quantitative estimate of drug-likeness (QED) is 0.375. The molecular weight excluding hydrogens is 256 g/mol. The Morgan fingerprint density at radius 1 is 0.952 bits per heavy atom. The molecule has 1 rings (SSSR count). The van der Waals surface area contributed by atoms with E-state index in [9.17, 15) is 4.79 Å². The predicted octanol–water partition coefficient (Wildman–Crippen LogP) is 6.48. The summed E-state index contributed by atoms with van der Waals surface area (Å²) in [6, 6.07) is 6.42. The van der Waals surface area contributed by atoms with Crippen molar-refractivity contribution in [1.82, 2.24) is 0 Å². The monoisotopic (exact) mass is 288 g/mol. The highest BCUT2D eigenvalue weighted by Crippen LogP contribution is 2.26. The van der Waals surface area contributed by atoms with Gasteiger partial charge < -0.3 is 0 Å². The van der Waals surface area contributed by atoms with E-state index in [4.69, 9.17) is 0 Å². The van der Waals surface area contributed by atoms with Gasteiger partial charge in [-0.25, -0.2) is 0 Å². The summed E-state index contributed by atoms with van der Waals surface area (Å²) in [4.78, 5) is 12.5. The Hall–Kier alpha value is -1.11. The van der Waals surface area contributed by atoms with E-state index < -0.39 is 0 Å². The molecule has 0 N–H and O–H groups in total. The summed E-state index contributed by atoms with van der Waals surface area (Å²) in [6.45, 7) is 11.0. The molecule has 0 amide bonds. The Bertz CT molecular complexity index is 443. The van der Waals surface area contributed by atoms with Gasteiger partial charge in [0.2, 0.25) is 0 Å². The van der Waals surface area contributed by atoms with Crippen LogP contribution in [0, 0.1) is 0 Å². The van der Waals surface area contributed by atoms with E-state index in [2.05, 4.69) is 52.8 Å². The summed E-state index contributed by atoms with van der Waals surface area (Å²) in [7, 11) is 0. The molecule has 118 valence electrons. The van der Waals surface area contributed by atoms with Crippen LogP contribution in [-0.2, 0) is 0 Å². The molecule has 0 heterocycles. The normalized spacial score (nSPS) is 11.4. The number of ketones is 1. The van der Waals surface area contributed by atoms with Gasteiger partial charge in [-0.3, -0.25) is 4.79 Å². The zero-order valence-electron chi connectivity index (χ0n) is 14.5. The van der Waals surface area contributed by atoms with Gasteiger partial charge in [0, 0.05) is 12.0 Å². The standard InChI is InChI=1S/C20H32O/c1-6-7-8-9-10-11-20(21)18-13-12-17(15(2)3)14-19(18)16(4)5/h12-16H,6-11H2,1-5H3. The Kier molecular flexibility index (Phi) is 7.71. The highest BCUT2D eigenvalue weighted by Gasteiger charge is 2.15. The lowest BCUT2D eigenvalue weighted by Crippen LogP contribution is -2.06. The SMILES string of the molecule is CCCCCCCC(=O)c1ccc(C(C)C)cc1C(C)C. The third-order valence-electron chi connectivity index (χ3n) is 4.17. The van der Waals surface area contributed by atoms with Crippen LogP contribution in [0.3, 0.4) is 0 Å². The van der Waals surface area contributed by atoms with Gasteiger partial charge in [0.15, 0.2) is 5.78 Å². The molecule has 0 aliphatic carbocycles. The zero-order chi connectivity index (χ0) is 15.8. The van der Waals surface area contributed by atoms with Crippen molar-refractivity contribution in [2.75, 3.05) is 0 Å². The van der Waals surface area contributed by atoms with Gasteiger partial charge in [0.1, 0.15) is 0 Å². The molecule has 0 unspecified atom stereocenters. The van der Waals surface area contributed by atoms with Crippen molar-refractivity contribution in [1.29, 1.82) is 0 Å². The van der Waals surface area contributed by atoms with Crippen LogP contribution in [0.5, 0.6) is 0 Å². The van der Waals surface area contributed by atoms with Gasteiger partial charge in [0.05, 0.1) is 0 Å². The fourth-order valence-corrected chi connectivity index (χ4v) is 2.70. The third kappa shape index (κ3) is 5.65. The molecule has 0 saturated carbocycles. The minimum atomic E-state index is 0.325. The molecule has 0 fully saturated rings. The first kappa shape index (κ1) is 17.9. The topological polar surface area (TPSA) is 17.1 Å². The summed E-state index contributed by atoms with van der Waals surface area (Å²) in [6.07, 6.45) is 6.71. The summed E-state index contributed by atoms with van der Waals surface area (Å²) >= 11 is 0. The first-order chi connectivity index (χ1) is 9.97. The molecule has 0 atom stereocenters. The summed E-state index contributed by atoms with van der Waals surface area (Å²) in [5.41, 5.74) is 3.50.